The molecule has 0 fully saturated rings. The van der Waals surface area contributed by atoms with Crippen LogP contribution >= 0.6 is 0 Å². The first-order chi connectivity index (χ1) is 15.9. The quantitative estimate of drug-likeness (QED) is 0.244. The van der Waals surface area contributed by atoms with Gasteiger partial charge in [-0.2, -0.15) is 0 Å². The first kappa shape index (κ1) is 25.8. The summed E-state index contributed by atoms with van der Waals surface area (Å²) in [6.45, 7) is 1.96. The Bertz CT molecular complexity index is 811. The minimum absolute atomic E-state index is 0.140. The van der Waals surface area contributed by atoms with Gasteiger partial charge in [0.05, 0.1) is 39.6 Å². The molecule has 2 rings (SSSR count). The van der Waals surface area contributed by atoms with Crippen LogP contribution in [0.4, 0.5) is 0 Å². The van der Waals surface area contributed by atoms with Crippen molar-refractivity contribution in [3.05, 3.63) is 47.5 Å². The summed E-state index contributed by atoms with van der Waals surface area (Å²) in [6.07, 6.45) is 0.642. The van der Waals surface area contributed by atoms with Crippen LogP contribution in [0.2, 0.25) is 0 Å². The minimum atomic E-state index is -1.14. The molecule has 0 saturated heterocycles. The predicted octanol–water partition coefficient (Wildman–Crippen LogP) is 4.11. The molecule has 0 bridgehead atoms. The molecule has 0 atom stereocenters. The van der Waals surface area contributed by atoms with Crippen LogP contribution in [0.25, 0.3) is 0 Å². The number of benzene rings is 2. The van der Waals surface area contributed by atoms with Crippen molar-refractivity contribution < 1.29 is 48.1 Å². The second-order valence-electron chi connectivity index (χ2n) is 6.71. The van der Waals surface area contributed by atoms with Gasteiger partial charge in [-0.25, -0.2) is 9.59 Å². The van der Waals surface area contributed by atoms with Crippen LogP contribution in [0.3, 0.4) is 0 Å². The molecule has 0 spiro atoms. The molecule has 180 valence electrons. The van der Waals surface area contributed by atoms with E-state index >= 15 is 0 Å². The van der Waals surface area contributed by atoms with Gasteiger partial charge >= 0.3 is 11.9 Å². The first-order valence-electron chi connectivity index (χ1n) is 10.2. The van der Waals surface area contributed by atoms with E-state index in [-0.39, 0.29) is 11.1 Å². The molecular formula is C23H28O10. The zero-order valence-corrected chi connectivity index (χ0v) is 19.2. The topological polar surface area (TPSA) is 108 Å². The number of ether oxygens (including phenoxy) is 4. The highest BCUT2D eigenvalue weighted by atomic mass is 17.3. The first-order valence-corrected chi connectivity index (χ1v) is 10.2. The van der Waals surface area contributed by atoms with E-state index in [1.54, 1.807) is 12.1 Å². The van der Waals surface area contributed by atoms with Crippen molar-refractivity contribution in [1.29, 1.82) is 0 Å². The van der Waals surface area contributed by atoms with Crippen molar-refractivity contribution in [2.24, 2.45) is 0 Å². The third-order valence-corrected chi connectivity index (χ3v) is 4.43. The SMILES string of the molecule is CCCCC(OOC(=O)c1cc(OC)cc(OC)c1)OOC(=O)c1cc(OC)cc(OC)c1. The van der Waals surface area contributed by atoms with Gasteiger partial charge in [0.2, 0.25) is 6.29 Å². The lowest BCUT2D eigenvalue weighted by Crippen LogP contribution is -2.22. The molecule has 0 aliphatic carbocycles. The molecule has 0 aromatic heterocycles. The normalized spacial score (nSPS) is 10.5. The summed E-state index contributed by atoms with van der Waals surface area (Å²) in [5, 5.41) is 0. The summed E-state index contributed by atoms with van der Waals surface area (Å²) >= 11 is 0. The number of hydrogen-bond acceptors (Lipinski definition) is 10. The van der Waals surface area contributed by atoms with E-state index in [1.807, 2.05) is 6.92 Å². The van der Waals surface area contributed by atoms with Gasteiger partial charge in [-0.1, -0.05) is 13.3 Å². The van der Waals surface area contributed by atoms with E-state index in [2.05, 4.69) is 0 Å². The van der Waals surface area contributed by atoms with E-state index in [0.717, 1.165) is 6.42 Å². The lowest BCUT2D eigenvalue weighted by molar-refractivity contribution is -0.421. The van der Waals surface area contributed by atoms with Crippen molar-refractivity contribution >= 4 is 11.9 Å². The number of methoxy groups -OCH3 is 4. The molecule has 2 aromatic rings. The van der Waals surface area contributed by atoms with Crippen LogP contribution in [-0.2, 0) is 19.6 Å². The fourth-order valence-corrected chi connectivity index (χ4v) is 2.62. The van der Waals surface area contributed by atoms with E-state index in [1.165, 1.54) is 52.7 Å². The van der Waals surface area contributed by atoms with E-state index < -0.39 is 18.2 Å². The standard InChI is InChI=1S/C23H28O10/c1-6-7-8-21(30-32-22(24)15-9-17(26-2)13-18(10-15)27-3)31-33-23(25)16-11-19(28-4)14-20(12-16)29-5/h9-14,21H,6-8H2,1-5H3. The maximum atomic E-state index is 12.4. The van der Waals surface area contributed by atoms with Crippen molar-refractivity contribution in [2.75, 3.05) is 28.4 Å². The van der Waals surface area contributed by atoms with Crippen molar-refractivity contribution in [1.82, 2.24) is 0 Å². The Morgan fingerprint density at radius 1 is 0.667 bits per heavy atom. The molecule has 0 unspecified atom stereocenters. The third kappa shape index (κ3) is 7.85. The lowest BCUT2D eigenvalue weighted by Gasteiger charge is -2.15. The highest BCUT2D eigenvalue weighted by molar-refractivity contribution is 5.90. The minimum Gasteiger partial charge on any atom is -0.497 e. The second kappa shape index (κ2) is 13.1. The summed E-state index contributed by atoms with van der Waals surface area (Å²) in [5.41, 5.74) is 0.279. The fourth-order valence-electron chi connectivity index (χ4n) is 2.62. The van der Waals surface area contributed by atoms with Crippen LogP contribution in [0.1, 0.15) is 46.9 Å². The molecule has 0 radical (unpaired) electrons. The molecule has 0 heterocycles. The van der Waals surface area contributed by atoms with Gasteiger partial charge in [0.15, 0.2) is 0 Å². The fraction of sp³-hybridized carbons (Fsp3) is 0.391. The van der Waals surface area contributed by atoms with Crippen molar-refractivity contribution in [2.45, 2.75) is 32.5 Å². The predicted molar refractivity (Wildman–Crippen MR) is 115 cm³/mol. The van der Waals surface area contributed by atoms with E-state index in [9.17, 15) is 9.59 Å². The Balaban J connectivity index is 2.02. The molecule has 2 aromatic carbocycles. The number of carbonyl (C=O) groups is 2. The average Bonchev–Trinajstić information content (AvgIpc) is 2.86. The van der Waals surface area contributed by atoms with E-state index in [4.69, 9.17) is 38.5 Å². The Morgan fingerprint density at radius 3 is 1.33 bits per heavy atom. The number of carbonyl (C=O) groups excluding carboxylic acids is 2. The molecule has 0 saturated carbocycles. The zero-order chi connectivity index (χ0) is 24.2. The molecule has 0 N–H and O–H groups in total. The van der Waals surface area contributed by atoms with Crippen LogP contribution in [-0.4, -0.2) is 46.7 Å². The van der Waals surface area contributed by atoms with Gasteiger partial charge in [-0.3, -0.25) is 9.78 Å². The number of unbranched alkanes of at least 4 members (excludes halogenated alkanes) is 1. The maximum Gasteiger partial charge on any atom is 0.373 e. The van der Waals surface area contributed by atoms with Gasteiger partial charge in [-0.05, 0) is 30.7 Å². The van der Waals surface area contributed by atoms with Gasteiger partial charge < -0.3 is 18.9 Å². The van der Waals surface area contributed by atoms with Gasteiger partial charge in [0.1, 0.15) is 23.0 Å². The Labute approximate surface area is 192 Å². The highest BCUT2D eigenvalue weighted by Crippen LogP contribution is 2.24. The average molecular weight is 464 g/mol. The van der Waals surface area contributed by atoms with Crippen LogP contribution in [0.15, 0.2) is 36.4 Å². The molecular weight excluding hydrogens is 436 g/mol. The lowest BCUT2D eigenvalue weighted by atomic mass is 10.2. The van der Waals surface area contributed by atoms with Gasteiger partial charge in [0, 0.05) is 18.6 Å². The monoisotopic (exact) mass is 464 g/mol. The summed E-state index contributed by atoms with van der Waals surface area (Å²) in [4.78, 5) is 44.8. The Morgan fingerprint density at radius 2 is 1.03 bits per heavy atom. The number of rotatable bonds is 13. The highest BCUT2D eigenvalue weighted by Gasteiger charge is 2.21. The summed E-state index contributed by atoms with van der Waals surface area (Å²) < 4.78 is 20.6. The largest absolute Gasteiger partial charge is 0.497 e. The molecule has 0 aliphatic heterocycles. The summed E-state index contributed by atoms with van der Waals surface area (Å²) in [7, 11) is 5.84. The molecule has 10 nitrogen and oxygen atoms in total. The Hall–Kier alpha value is -3.50. The van der Waals surface area contributed by atoms with Crippen molar-refractivity contribution in [3.8, 4) is 23.0 Å². The zero-order valence-electron chi connectivity index (χ0n) is 19.2. The number of hydrogen-bond donors (Lipinski definition) is 0. The van der Waals surface area contributed by atoms with Crippen molar-refractivity contribution in [3.63, 3.8) is 0 Å². The second-order valence-corrected chi connectivity index (χ2v) is 6.71. The molecule has 10 heteroatoms. The molecule has 0 amide bonds. The molecule has 0 aliphatic rings. The smallest absolute Gasteiger partial charge is 0.373 e. The van der Waals surface area contributed by atoms with E-state index in [0.29, 0.717) is 35.8 Å². The maximum absolute atomic E-state index is 12.4. The summed E-state index contributed by atoms with van der Waals surface area (Å²) in [5.74, 6) is 0.0123. The third-order valence-electron chi connectivity index (χ3n) is 4.43. The Kier molecular flexibility index (Phi) is 10.3. The van der Waals surface area contributed by atoms with Crippen LogP contribution in [0, 0.1) is 0 Å². The summed E-state index contributed by atoms with van der Waals surface area (Å²) in [6, 6.07) is 9.08. The van der Waals surface area contributed by atoms with Crippen LogP contribution in [0.5, 0.6) is 23.0 Å². The molecule has 33 heavy (non-hydrogen) atoms. The van der Waals surface area contributed by atoms with Gasteiger partial charge in [-0.15, -0.1) is 9.78 Å². The van der Waals surface area contributed by atoms with Crippen LogP contribution < -0.4 is 18.9 Å². The van der Waals surface area contributed by atoms with Gasteiger partial charge in [0.25, 0.3) is 0 Å².